The molecule has 2 N–H and O–H groups in total. The number of hydrogen-bond donors (Lipinski definition) is 2. The van der Waals surface area contributed by atoms with Gasteiger partial charge in [-0.2, -0.15) is 0 Å². The highest BCUT2D eigenvalue weighted by molar-refractivity contribution is 7.89. The number of nitrogens with one attached hydrogen (secondary N) is 1. The number of benzene rings is 1. The lowest BCUT2D eigenvalue weighted by Gasteiger charge is -2.22. The third-order valence-electron chi connectivity index (χ3n) is 3.37. The van der Waals surface area contributed by atoms with Gasteiger partial charge in [0, 0.05) is 6.54 Å². The minimum atomic E-state index is -3.73. The Bertz CT molecular complexity index is 752. The van der Waals surface area contributed by atoms with Crippen molar-refractivity contribution in [1.82, 2.24) is 9.62 Å². The summed E-state index contributed by atoms with van der Waals surface area (Å²) in [7, 11) is -0.0885. The third kappa shape index (κ3) is 4.19. The average molecular weight is 338 g/mol. The fourth-order valence-electron chi connectivity index (χ4n) is 2.07. The van der Waals surface area contributed by atoms with Crippen molar-refractivity contribution in [2.45, 2.75) is 10.9 Å². The zero-order chi connectivity index (χ0) is 17.0. The predicted octanol–water partition coefficient (Wildman–Crippen LogP) is 1.56. The molecule has 1 atom stereocenters. The molecular formula is C15H18N2O5S. The molecule has 124 valence electrons. The Morgan fingerprint density at radius 2 is 1.91 bits per heavy atom. The molecular weight excluding hydrogens is 320 g/mol. The van der Waals surface area contributed by atoms with Crippen molar-refractivity contribution < 1.29 is 22.7 Å². The Kier molecular flexibility index (Phi) is 5.19. The van der Waals surface area contributed by atoms with E-state index in [1.54, 1.807) is 12.1 Å². The van der Waals surface area contributed by atoms with Crippen LogP contribution in [0.3, 0.4) is 0 Å². The normalized spacial score (nSPS) is 13.2. The molecule has 0 aliphatic heterocycles. The van der Waals surface area contributed by atoms with E-state index in [1.807, 2.05) is 19.0 Å². The Morgan fingerprint density at radius 1 is 1.26 bits per heavy atom. The van der Waals surface area contributed by atoms with Gasteiger partial charge in [-0.1, -0.05) is 0 Å². The maximum absolute atomic E-state index is 12.3. The van der Waals surface area contributed by atoms with Crippen LogP contribution in [0.2, 0.25) is 0 Å². The third-order valence-corrected chi connectivity index (χ3v) is 4.81. The summed E-state index contributed by atoms with van der Waals surface area (Å²) >= 11 is 0. The van der Waals surface area contributed by atoms with E-state index in [2.05, 4.69) is 4.72 Å². The lowest BCUT2D eigenvalue weighted by molar-refractivity contribution is 0.0696. The van der Waals surface area contributed by atoms with Gasteiger partial charge in [-0.05, 0) is 50.5 Å². The van der Waals surface area contributed by atoms with Gasteiger partial charge in [0.1, 0.15) is 5.76 Å². The quantitative estimate of drug-likeness (QED) is 0.795. The summed E-state index contributed by atoms with van der Waals surface area (Å²) in [6.07, 6.45) is 1.53. The van der Waals surface area contributed by atoms with Crippen molar-refractivity contribution in [2.24, 2.45) is 0 Å². The van der Waals surface area contributed by atoms with Crippen molar-refractivity contribution in [3.8, 4) is 0 Å². The fraction of sp³-hybridized carbons (Fsp3) is 0.267. The van der Waals surface area contributed by atoms with Crippen LogP contribution in [0.5, 0.6) is 0 Å². The molecule has 1 heterocycles. The van der Waals surface area contributed by atoms with Gasteiger partial charge in [-0.15, -0.1) is 0 Å². The van der Waals surface area contributed by atoms with Crippen LogP contribution >= 0.6 is 0 Å². The van der Waals surface area contributed by atoms with Crippen LogP contribution < -0.4 is 4.72 Å². The van der Waals surface area contributed by atoms with Crippen molar-refractivity contribution >= 4 is 16.0 Å². The maximum atomic E-state index is 12.3. The lowest BCUT2D eigenvalue weighted by atomic mass is 10.2. The van der Waals surface area contributed by atoms with Crippen LogP contribution in [-0.2, 0) is 10.0 Å². The molecule has 7 nitrogen and oxygen atoms in total. The summed E-state index contributed by atoms with van der Waals surface area (Å²) in [6, 6.07) is 8.32. The number of hydrogen-bond acceptors (Lipinski definition) is 5. The van der Waals surface area contributed by atoms with Gasteiger partial charge in [0.25, 0.3) is 0 Å². The highest BCUT2D eigenvalue weighted by Crippen LogP contribution is 2.19. The van der Waals surface area contributed by atoms with Crippen molar-refractivity contribution in [2.75, 3.05) is 20.6 Å². The van der Waals surface area contributed by atoms with Crippen LogP contribution in [0.15, 0.2) is 52.0 Å². The van der Waals surface area contributed by atoms with Gasteiger partial charge in [0.2, 0.25) is 10.0 Å². The minimum absolute atomic E-state index is 0.0134. The first-order valence-corrected chi connectivity index (χ1v) is 8.32. The number of likely N-dealkylation sites (N-methyl/N-ethyl adjacent to an activating group) is 1. The molecule has 1 aromatic carbocycles. The largest absolute Gasteiger partial charge is 0.478 e. The molecule has 0 fully saturated rings. The molecule has 1 unspecified atom stereocenters. The maximum Gasteiger partial charge on any atom is 0.335 e. The highest BCUT2D eigenvalue weighted by Gasteiger charge is 2.21. The van der Waals surface area contributed by atoms with Gasteiger partial charge in [-0.3, -0.25) is 4.90 Å². The molecule has 2 aromatic rings. The number of carboxylic acid groups (broad SMARTS) is 1. The van der Waals surface area contributed by atoms with E-state index < -0.39 is 16.0 Å². The summed E-state index contributed by atoms with van der Waals surface area (Å²) < 4.78 is 32.4. The first kappa shape index (κ1) is 17.2. The molecule has 2 rings (SSSR count). The zero-order valence-corrected chi connectivity index (χ0v) is 13.6. The highest BCUT2D eigenvalue weighted by atomic mass is 32.2. The Labute approximate surface area is 134 Å². The molecule has 8 heteroatoms. The SMILES string of the molecule is CN(C)C(CNS(=O)(=O)c1ccc(C(=O)O)cc1)c1ccco1. The molecule has 0 amide bonds. The predicted molar refractivity (Wildman–Crippen MR) is 83.7 cm³/mol. The standard InChI is InChI=1S/C15H18N2O5S/c1-17(2)13(14-4-3-9-22-14)10-16-23(20,21)12-7-5-11(6-8-12)15(18)19/h3-9,13,16H,10H2,1-2H3,(H,18,19). The molecule has 0 aliphatic carbocycles. The van der Waals surface area contributed by atoms with Gasteiger partial charge < -0.3 is 9.52 Å². The summed E-state index contributed by atoms with van der Waals surface area (Å²) in [5, 5.41) is 8.84. The number of furan rings is 1. The Balaban J connectivity index is 2.12. The van der Waals surface area contributed by atoms with Crippen LogP contribution in [0.4, 0.5) is 0 Å². The minimum Gasteiger partial charge on any atom is -0.478 e. The monoisotopic (exact) mass is 338 g/mol. The van der Waals surface area contributed by atoms with Crippen molar-refractivity contribution in [3.05, 3.63) is 54.0 Å². The number of aromatic carboxylic acids is 1. The number of carbonyl (C=O) groups is 1. The van der Waals surface area contributed by atoms with Crippen LogP contribution in [-0.4, -0.2) is 45.0 Å². The molecule has 23 heavy (non-hydrogen) atoms. The van der Waals surface area contributed by atoms with Crippen LogP contribution in [0, 0.1) is 0 Å². The first-order chi connectivity index (χ1) is 10.8. The number of carboxylic acids is 1. The smallest absolute Gasteiger partial charge is 0.335 e. The van der Waals surface area contributed by atoms with Gasteiger partial charge in [0.15, 0.2) is 0 Å². The second kappa shape index (κ2) is 6.95. The van der Waals surface area contributed by atoms with E-state index >= 15 is 0 Å². The Morgan fingerprint density at radius 3 is 2.39 bits per heavy atom. The van der Waals surface area contributed by atoms with E-state index in [4.69, 9.17) is 9.52 Å². The van der Waals surface area contributed by atoms with Crippen molar-refractivity contribution in [3.63, 3.8) is 0 Å². The fourth-order valence-corrected chi connectivity index (χ4v) is 3.11. The van der Waals surface area contributed by atoms with E-state index in [0.717, 1.165) is 0 Å². The summed E-state index contributed by atoms with van der Waals surface area (Å²) in [6.45, 7) is 0.129. The zero-order valence-electron chi connectivity index (χ0n) is 12.8. The van der Waals surface area contributed by atoms with Crippen LogP contribution in [0.25, 0.3) is 0 Å². The average Bonchev–Trinajstić information content (AvgIpc) is 3.01. The molecule has 0 spiro atoms. The summed E-state index contributed by atoms with van der Waals surface area (Å²) in [4.78, 5) is 12.7. The second-order valence-corrected chi connectivity index (χ2v) is 6.94. The summed E-state index contributed by atoms with van der Waals surface area (Å²) in [5.41, 5.74) is 0.0331. The molecule has 0 radical (unpaired) electrons. The van der Waals surface area contributed by atoms with E-state index in [9.17, 15) is 13.2 Å². The molecule has 1 aromatic heterocycles. The number of nitrogens with zero attached hydrogens (tertiary/aromatic N) is 1. The molecule has 0 bridgehead atoms. The molecule has 0 saturated carbocycles. The second-order valence-electron chi connectivity index (χ2n) is 5.18. The van der Waals surface area contributed by atoms with Crippen molar-refractivity contribution in [1.29, 1.82) is 0 Å². The summed E-state index contributed by atoms with van der Waals surface area (Å²) in [5.74, 6) is -0.452. The Hall–Kier alpha value is -2.16. The number of sulfonamides is 1. The van der Waals surface area contributed by atoms with Gasteiger partial charge in [-0.25, -0.2) is 17.9 Å². The van der Waals surface area contributed by atoms with E-state index in [-0.39, 0.29) is 23.0 Å². The molecule has 0 saturated heterocycles. The van der Waals surface area contributed by atoms with E-state index in [0.29, 0.717) is 5.76 Å². The van der Waals surface area contributed by atoms with Gasteiger partial charge in [0.05, 0.1) is 22.8 Å². The van der Waals surface area contributed by atoms with E-state index in [1.165, 1.54) is 30.5 Å². The number of rotatable bonds is 7. The van der Waals surface area contributed by atoms with Crippen LogP contribution in [0.1, 0.15) is 22.2 Å². The molecule has 0 aliphatic rings. The lowest BCUT2D eigenvalue weighted by Crippen LogP contribution is -2.34. The first-order valence-electron chi connectivity index (χ1n) is 6.84. The van der Waals surface area contributed by atoms with Gasteiger partial charge >= 0.3 is 5.97 Å². The topological polar surface area (TPSA) is 99.9 Å².